The van der Waals surface area contributed by atoms with Gasteiger partial charge in [0.15, 0.2) is 0 Å². The summed E-state index contributed by atoms with van der Waals surface area (Å²) in [5.41, 5.74) is 2.69. The molecular weight excluding hydrogens is 382 g/mol. The lowest BCUT2D eigenvalue weighted by atomic mass is 10.1. The average molecular weight is 410 g/mol. The molecule has 152 valence electrons. The Morgan fingerprint density at radius 2 is 2.03 bits per heavy atom. The van der Waals surface area contributed by atoms with Gasteiger partial charge >= 0.3 is 0 Å². The van der Waals surface area contributed by atoms with Gasteiger partial charge in [0.2, 0.25) is 5.76 Å². The molecule has 0 aliphatic heterocycles. The molecule has 0 aliphatic rings. The smallest absolute Gasteiger partial charge is 0.222 e. The number of benzene rings is 1. The zero-order valence-corrected chi connectivity index (χ0v) is 18.2. The third-order valence-electron chi connectivity index (χ3n) is 4.70. The van der Waals surface area contributed by atoms with Gasteiger partial charge in [-0.2, -0.15) is 5.26 Å². The monoisotopic (exact) mass is 409 g/mol. The second-order valence-electron chi connectivity index (χ2n) is 6.35. The van der Waals surface area contributed by atoms with Gasteiger partial charge in [0, 0.05) is 29.9 Å². The van der Waals surface area contributed by atoms with Crippen LogP contribution in [0.1, 0.15) is 33.5 Å². The van der Waals surface area contributed by atoms with E-state index in [-0.39, 0.29) is 5.76 Å². The molecule has 0 atom stereocenters. The van der Waals surface area contributed by atoms with Gasteiger partial charge < -0.3 is 13.5 Å². The summed E-state index contributed by atoms with van der Waals surface area (Å²) in [5, 5.41) is 16.5. The highest BCUT2D eigenvalue weighted by molar-refractivity contribution is 7.92. The first-order valence-electron chi connectivity index (χ1n) is 9.45. The maximum Gasteiger partial charge on any atom is 0.222 e. The molecule has 0 bridgehead atoms. The van der Waals surface area contributed by atoms with Crippen LogP contribution in [0, 0.1) is 11.3 Å². The Hall–Kier alpha value is -2.88. The molecule has 0 fully saturated rings. The van der Waals surface area contributed by atoms with E-state index in [1.807, 2.05) is 43.3 Å². The molecule has 1 aromatic heterocycles. The molecule has 0 saturated heterocycles. The maximum absolute atomic E-state index is 9.18. The predicted molar refractivity (Wildman–Crippen MR) is 121 cm³/mol. The van der Waals surface area contributed by atoms with E-state index in [1.54, 1.807) is 6.92 Å². The lowest BCUT2D eigenvalue weighted by Gasteiger charge is -2.21. The molecule has 0 saturated carbocycles. The molecule has 29 heavy (non-hydrogen) atoms. The second-order valence-corrected chi connectivity index (χ2v) is 6.71. The van der Waals surface area contributed by atoms with Crippen LogP contribution in [0.4, 0.5) is 0 Å². The zero-order valence-electron chi connectivity index (χ0n) is 17.4. The summed E-state index contributed by atoms with van der Waals surface area (Å²) in [5.74, 6) is 1.38. The van der Waals surface area contributed by atoms with Crippen LogP contribution in [0.3, 0.4) is 0 Å². The van der Waals surface area contributed by atoms with Crippen LogP contribution in [0.25, 0.3) is 29.6 Å². The van der Waals surface area contributed by atoms with Crippen LogP contribution in [-0.2, 0) is 4.18 Å². The van der Waals surface area contributed by atoms with Crippen molar-refractivity contribution in [3.05, 3.63) is 64.1 Å². The van der Waals surface area contributed by atoms with E-state index >= 15 is 0 Å². The first-order valence-corrected chi connectivity index (χ1v) is 10.3. The Bertz CT molecular complexity index is 1060. The van der Waals surface area contributed by atoms with E-state index < -0.39 is 0 Å². The molecule has 0 aliphatic carbocycles. The van der Waals surface area contributed by atoms with Crippen molar-refractivity contribution in [2.45, 2.75) is 27.7 Å². The minimum absolute atomic E-state index is 0.122. The fraction of sp³-hybridized carbons (Fsp3) is 0.261. The summed E-state index contributed by atoms with van der Waals surface area (Å²) in [4.78, 5) is 2.30. The molecule has 0 spiro atoms. The summed E-state index contributed by atoms with van der Waals surface area (Å²) >= 11 is 0.634. The second kappa shape index (κ2) is 10.6. The van der Waals surface area contributed by atoms with Gasteiger partial charge in [-0.3, -0.25) is 0 Å². The molecule has 6 heteroatoms. The third kappa shape index (κ3) is 5.35. The zero-order chi connectivity index (χ0) is 21.4. The fourth-order valence-electron chi connectivity index (χ4n) is 3.02. The van der Waals surface area contributed by atoms with Gasteiger partial charge in [0.25, 0.3) is 0 Å². The van der Waals surface area contributed by atoms with Crippen molar-refractivity contribution in [3.63, 3.8) is 0 Å². The first-order chi connectivity index (χ1) is 14.0. The highest BCUT2D eigenvalue weighted by Crippen LogP contribution is 2.27. The van der Waals surface area contributed by atoms with Gasteiger partial charge in [-0.25, -0.2) is 5.14 Å². The van der Waals surface area contributed by atoms with Crippen LogP contribution in [0.15, 0.2) is 52.3 Å². The van der Waals surface area contributed by atoms with Crippen molar-refractivity contribution >= 4 is 30.5 Å². The Morgan fingerprint density at radius 3 is 2.59 bits per heavy atom. The normalized spacial score (nSPS) is 13.1. The molecule has 0 radical (unpaired) electrons. The highest BCUT2D eigenvalue weighted by Gasteiger charge is 2.12. The molecule has 1 heterocycles. The van der Waals surface area contributed by atoms with Crippen LogP contribution < -0.4 is 15.6 Å². The van der Waals surface area contributed by atoms with E-state index in [0.717, 1.165) is 29.1 Å². The molecule has 5 nitrogen and oxygen atoms in total. The fourth-order valence-corrected chi connectivity index (χ4v) is 3.28. The minimum atomic E-state index is 0.122. The van der Waals surface area contributed by atoms with Gasteiger partial charge in [0.1, 0.15) is 29.8 Å². The Morgan fingerprint density at radius 1 is 1.31 bits per heavy atom. The molecule has 2 aromatic rings. The van der Waals surface area contributed by atoms with Crippen molar-refractivity contribution in [1.29, 1.82) is 5.26 Å². The largest absolute Gasteiger partial charge is 0.456 e. The Balaban J connectivity index is 2.40. The summed E-state index contributed by atoms with van der Waals surface area (Å²) in [6.45, 7) is 14.2. The average Bonchev–Trinajstić information content (AvgIpc) is 3.23. The van der Waals surface area contributed by atoms with E-state index in [1.165, 1.54) is 5.70 Å². The van der Waals surface area contributed by atoms with Crippen molar-refractivity contribution in [3.8, 4) is 17.4 Å². The van der Waals surface area contributed by atoms with Crippen LogP contribution >= 0.6 is 12.2 Å². The first kappa shape index (κ1) is 22.4. The number of furan rings is 1. The van der Waals surface area contributed by atoms with Crippen LogP contribution in [0.5, 0.6) is 0 Å². The number of hydrogen-bond acceptors (Lipinski definition) is 6. The topological polar surface area (TPSA) is 75.4 Å². The molecule has 2 N–H and O–H groups in total. The summed E-state index contributed by atoms with van der Waals surface area (Å²) in [6, 6.07) is 11.7. The van der Waals surface area contributed by atoms with E-state index in [2.05, 4.69) is 37.5 Å². The van der Waals surface area contributed by atoms with Crippen molar-refractivity contribution in [2.24, 2.45) is 5.14 Å². The number of nitrogens with zero attached hydrogens (tertiary/aromatic N) is 2. The standard InChI is InChI=1S/C23H27N3O2S/c1-6-20(26(7-2)8-3)14-18-9-10-19(13-16(18)4)22-12-11-21(27-22)17(5)23(15-24)28-29-25/h6,9-14H,4,7-8,25H2,1-3,5H3/b18-14-,20-6+,23-17+. The van der Waals surface area contributed by atoms with E-state index in [0.29, 0.717) is 29.3 Å². The number of nitriles is 1. The SMILES string of the molecule is C=c1cc(-c2ccc(/C(C)=C(\C#N)OSN)o2)cc/c1=C/C(=C\C)N(CC)CC. The molecule has 0 amide bonds. The Labute approximate surface area is 176 Å². The van der Waals surface area contributed by atoms with Crippen molar-refractivity contribution < 1.29 is 8.60 Å². The summed E-state index contributed by atoms with van der Waals surface area (Å²) in [6.07, 6.45) is 4.27. The molecule has 0 unspecified atom stereocenters. The summed E-state index contributed by atoms with van der Waals surface area (Å²) < 4.78 is 11.0. The summed E-state index contributed by atoms with van der Waals surface area (Å²) in [7, 11) is 0. The van der Waals surface area contributed by atoms with Crippen LogP contribution in [-0.4, -0.2) is 18.0 Å². The van der Waals surface area contributed by atoms with Crippen LogP contribution in [0.2, 0.25) is 0 Å². The minimum Gasteiger partial charge on any atom is -0.456 e. The third-order valence-corrected chi connectivity index (χ3v) is 4.97. The van der Waals surface area contributed by atoms with E-state index in [9.17, 15) is 5.26 Å². The van der Waals surface area contributed by atoms with Gasteiger partial charge in [-0.15, -0.1) is 0 Å². The van der Waals surface area contributed by atoms with Gasteiger partial charge in [-0.1, -0.05) is 24.8 Å². The molecule has 1 aromatic carbocycles. The maximum atomic E-state index is 9.18. The number of hydrogen-bond donors (Lipinski definition) is 1. The quantitative estimate of drug-likeness (QED) is 0.305. The number of nitrogens with two attached hydrogens (primary N) is 1. The lowest BCUT2D eigenvalue weighted by molar-refractivity contribution is 0.399. The van der Waals surface area contributed by atoms with Crippen molar-refractivity contribution in [2.75, 3.05) is 13.1 Å². The van der Waals surface area contributed by atoms with E-state index in [4.69, 9.17) is 13.7 Å². The molecular formula is C23H27N3O2S. The highest BCUT2D eigenvalue weighted by atomic mass is 32.2. The Kier molecular flexibility index (Phi) is 8.20. The number of rotatable bonds is 8. The molecule has 2 rings (SSSR count). The van der Waals surface area contributed by atoms with Gasteiger partial charge in [0.05, 0.1) is 0 Å². The lowest BCUT2D eigenvalue weighted by Crippen LogP contribution is -2.27. The number of allylic oxidation sites excluding steroid dienone is 4. The van der Waals surface area contributed by atoms with Crippen molar-refractivity contribution in [1.82, 2.24) is 4.90 Å². The van der Waals surface area contributed by atoms with Gasteiger partial charge in [-0.05, 0) is 62.4 Å². The predicted octanol–water partition coefficient (Wildman–Crippen LogP) is 4.18.